The zero-order valence-corrected chi connectivity index (χ0v) is 19.3. The molecule has 1 heterocycles. The van der Waals surface area contributed by atoms with E-state index in [0.717, 1.165) is 6.92 Å². The van der Waals surface area contributed by atoms with E-state index in [0.29, 0.717) is 0 Å². The van der Waals surface area contributed by atoms with Gasteiger partial charge in [0.05, 0.1) is 18.5 Å². The first-order valence-electron chi connectivity index (χ1n) is 6.71. The molecule has 136 valence electrons. The Bertz CT molecular complexity index is 464. The number of hydrogen-bond acceptors (Lipinski definition) is 10. The van der Waals surface area contributed by atoms with E-state index < -0.39 is 62.7 Å². The van der Waals surface area contributed by atoms with Crippen LogP contribution in [0.25, 0.3) is 0 Å². The zero-order chi connectivity index (χ0) is 17.9. The van der Waals surface area contributed by atoms with E-state index in [4.69, 9.17) is 4.74 Å². The molecule has 0 bridgehead atoms. The summed E-state index contributed by atoms with van der Waals surface area (Å²) in [5.74, 6) is -0.562. The van der Waals surface area contributed by atoms with Crippen molar-refractivity contribution in [1.82, 2.24) is 5.32 Å². The summed E-state index contributed by atoms with van der Waals surface area (Å²) in [6.45, 7) is 2.43. The predicted octanol–water partition coefficient (Wildman–Crippen LogP) is -10.4. The van der Waals surface area contributed by atoms with Crippen LogP contribution in [-0.4, -0.2) is 75.5 Å². The van der Waals surface area contributed by atoms with Crippen molar-refractivity contribution in [2.45, 2.75) is 56.7 Å². The number of nitrogens with one attached hydrogen (secondary N) is 1. The Labute approximate surface area is 188 Å². The molecule has 5 N–H and O–H groups in total. The number of aliphatic hydroxyl groups is 4. The monoisotopic (exact) mass is 403 g/mol. The molecule has 1 rings (SSSR count). The van der Waals surface area contributed by atoms with Gasteiger partial charge in [-0.05, 0) is 14.5 Å². The van der Waals surface area contributed by atoms with Crippen molar-refractivity contribution in [3.05, 3.63) is 0 Å². The van der Waals surface area contributed by atoms with Gasteiger partial charge in [0.15, 0.2) is 6.29 Å². The topological polar surface area (TPSA) is 192 Å². The molecule has 0 aromatic carbocycles. The molecular weight excluding hydrogens is 383 g/mol. The van der Waals surface area contributed by atoms with Crippen LogP contribution in [0.3, 0.4) is 0 Å². The minimum absolute atomic E-state index is 0. The molecule has 0 unspecified atom stereocenters. The summed E-state index contributed by atoms with van der Waals surface area (Å²) in [5.41, 5.74) is 0. The van der Waals surface area contributed by atoms with Crippen LogP contribution in [0.15, 0.2) is 0 Å². The minimum Gasteiger partial charge on any atom is -0.809 e. The minimum atomic E-state index is -5.06. The van der Waals surface area contributed by atoms with Crippen LogP contribution >= 0.6 is 7.60 Å². The Balaban J connectivity index is 0. The average molecular weight is 403 g/mol. The summed E-state index contributed by atoms with van der Waals surface area (Å²) < 4.78 is 20.4. The van der Waals surface area contributed by atoms with Crippen molar-refractivity contribution in [3.63, 3.8) is 0 Å². The van der Waals surface area contributed by atoms with Crippen LogP contribution in [0.2, 0.25) is 0 Å². The molecule has 25 heavy (non-hydrogen) atoms. The maximum absolute atomic E-state index is 11.2. The summed E-state index contributed by atoms with van der Waals surface area (Å²) in [7, 11) is -5.06. The molecule has 1 aliphatic rings. The fraction of sp³-hybridized carbons (Fsp3) is 0.909. The van der Waals surface area contributed by atoms with E-state index in [1.165, 1.54) is 6.92 Å². The van der Waals surface area contributed by atoms with Gasteiger partial charge >= 0.3 is 59.1 Å². The molecule has 0 radical (unpaired) electrons. The summed E-state index contributed by atoms with van der Waals surface area (Å²) >= 11 is 0. The first-order valence-corrected chi connectivity index (χ1v) is 8.44. The second-order valence-electron chi connectivity index (χ2n) is 5.31. The van der Waals surface area contributed by atoms with Crippen LogP contribution in [0.5, 0.6) is 0 Å². The Morgan fingerprint density at radius 2 is 1.76 bits per heavy atom. The van der Waals surface area contributed by atoms with Gasteiger partial charge < -0.3 is 49.6 Å². The molecule has 0 saturated carbocycles. The molecule has 0 aromatic heterocycles. The molecule has 1 aliphatic heterocycles. The number of carbonyl (C=O) groups is 1. The maximum Gasteiger partial charge on any atom is 1.00 e. The van der Waals surface area contributed by atoms with E-state index in [1.807, 2.05) is 0 Å². The molecule has 1 saturated heterocycles. The third-order valence-electron chi connectivity index (χ3n) is 3.25. The number of ether oxygens (including phenoxy) is 2. The Morgan fingerprint density at radius 1 is 1.24 bits per heavy atom. The van der Waals surface area contributed by atoms with Crippen molar-refractivity contribution in [2.24, 2.45) is 0 Å². The van der Waals surface area contributed by atoms with Crippen LogP contribution < -0.4 is 74.2 Å². The summed E-state index contributed by atoms with van der Waals surface area (Å²) in [6, 6.07) is -1.18. The average Bonchev–Trinajstić information content (AvgIpc) is 2.40. The SMILES string of the molecule is CC(=O)N[C@@H]([C@H]1O[C@@H](OCP(=O)([O-])[O-])[C@H](O)[C@@H](O)[C@H]1O)[C@H](C)O.[Na+].[Na+]. The maximum atomic E-state index is 11.2. The van der Waals surface area contributed by atoms with Crippen LogP contribution in [0.1, 0.15) is 13.8 Å². The van der Waals surface area contributed by atoms with E-state index in [-0.39, 0.29) is 59.1 Å². The number of rotatable bonds is 6. The van der Waals surface area contributed by atoms with Crippen molar-refractivity contribution >= 4 is 13.5 Å². The van der Waals surface area contributed by atoms with Crippen molar-refractivity contribution in [2.75, 3.05) is 6.35 Å². The standard InChI is InChI=1S/C11H22NO10P.2Na/c1-4(13)6(12-5(2)14)10-8(16)7(15)9(17)11(22-10)21-3-23(18,19)20;;/h4,6-11,13,15-17H,3H2,1-2H3,(H,12,14)(H2,18,19,20);;/q;2*+1/p-2/t4-,6+,7-,8+,9+,10+,11+;;/m0../s1. The zero-order valence-electron chi connectivity index (χ0n) is 14.4. The molecule has 11 nitrogen and oxygen atoms in total. The van der Waals surface area contributed by atoms with Gasteiger partial charge in [0.1, 0.15) is 24.4 Å². The van der Waals surface area contributed by atoms with Gasteiger partial charge in [0.2, 0.25) is 5.91 Å². The Kier molecular flexibility index (Phi) is 13.8. The van der Waals surface area contributed by atoms with E-state index >= 15 is 0 Å². The number of carbonyl (C=O) groups excluding carboxylic acids is 1. The van der Waals surface area contributed by atoms with Gasteiger partial charge in [0.25, 0.3) is 0 Å². The molecule has 0 aromatic rings. The molecule has 14 heteroatoms. The number of amides is 1. The second kappa shape index (κ2) is 12.1. The molecule has 7 atom stereocenters. The Hall–Kier alpha value is 1.38. The molecule has 0 spiro atoms. The van der Waals surface area contributed by atoms with Gasteiger partial charge in [-0.1, -0.05) is 0 Å². The molecular formula is C11H20NNa2O10P. The first kappa shape index (κ1) is 28.6. The van der Waals surface area contributed by atoms with Gasteiger partial charge in [-0.15, -0.1) is 0 Å². The van der Waals surface area contributed by atoms with Crippen molar-refractivity contribution in [1.29, 1.82) is 0 Å². The summed E-state index contributed by atoms with van der Waals surface area (Å²) in [4.78, 5) is 32.4. The van der Waals surface area contributed by atoms with Crippen LogP contribution in [0, 0.1) is 0 Å². The fourth-order valence-electron chi connectivity index (χ4n) is 2.18. The Morgan fingerprint density at radius 3 is 2.16 bits per heavy atom. The molecule has 1 fully saturated rings. The van der Waals surface area contributed by atoms with E-state index in [9.17, 15) is 39.6 Å². The van der Waals surface area contributed by atoms with Gasteiger partial charge in [0, 0.05) is 6.92 Å². The predicted molar refractivity (Wildman–Crippen MR) is 69.5 cm³/mol. The fourth-order valence-corrected chi connectivity index (χ4v) is 2.51. The number of aliphatic hydroxyl groups excluding tert-OH is 4. The molecule has 0 aliphatic carbocycles. The third-order valence-corrected chi connectivity index (χ3v) is 3.71. The van der Waals surface area contributed by atoms with Crippen LogP contribution in [-0.2, 0) is 18.8 Å². The number of hydrogen-bond donors (Lipinski definition) is 5. The molecule has 1 amide bonds. The third kappa shape index (κ3) is 8.95. The largest absolute Gasteiger partial charge is 1.00 e. The quantitative estimate of drug-likeness (QED) is 0.210. The summed E-state index contributed by atoms with van der Waals surface area (Å²) in [6.07, 6.45) is -11.0. The van der Waals surface area contributed by atoms with E-state index in [1.54, 1.807) is 0 Å². The van der Waals surface area contributed by atoms with Gasteiger partial charge in [-0.2, -0.15) is 0 Å². The van der Waals surface area contributed by atoms with Gasteiger partial charge in [-0.3, -0.25) is 4.79 Å². The van der Waals surface area contributed by atoms with E-state index in [2.05, 4.69) is 10.1 Å². The second-order valence-corrected chi connectivity index (χ2v) is 6.79. The van der Waals surface area contributed by atoms with Gasteiger partial charge in [-0.25, -0.2) is 0 Å². The van der Waals surface area contributed by atoms with Crippen LogP contribution in [0.4, 0.5) is 0 Å². The van der Waals surface area contributed by atoms with Crippen molar-refractivity contribution < 1.29 is 108 Å². The first-order chi connectivity index (χ1) is 10.4. The van der Waals surface area contributed by atoms with Crippen molar-refractivity contribution in [3.8, 4) is 0 Å². The summed E-state index contributed by atoms with van der Waals surface area (Å²) in [5, 5.41) is 41.5. The smallest absolute Gasteiger partial charge is 0.809 e. The normalized spacial score (nSPS) is 31.9.